The number of aliphatic hydroxyl groups is 1. The summed E-state index contributed by atoms with van der Waals surface area (Å²) in [7, 11) is 1.66. The van der Waals surface area contributed by atoms with Crippen molar-refractivity contribution >= 4 is 5.91 Å². The van der Waals surface area contributed by atoms with E-state index in [1.165, 1.54) is 11.1 Å². The predicted molar refractivity (Wildman–Crippen MR) is 158 cm³/mol. The molecule has 212 valence electrons. The van der Waals surface area contributed by atoms with Crippen molar-refractivity contribution in [3.05, 3.63) is 94.4 Å². The van der Waals surface area contributed by atoms with Crippen molar-refractivity contribution in [1.82, 2.24) is 5.32 Å². The molecule has 2 aromatic carbocycles. The second kappa shape index (κ2) is 10.9. The van der Waals surface area contributed by atoms with E-state index in [1.807, 2.05) is 30.4 Å². The van der Waals surface area contributed by atoms with Crippen LogP contribution < -0.4 is 15.8 Å². The van der Waals surface area contributed by atoms with E-state index in [-0.39, 0.29) is 29.9 Å². The number of ether oxygens (including phenoxy) is 2. The van der Waals surface area contributed by atoms with Crippen LogP contribution >= 0.6 is 0 Å². The highest BCUT2D eigenvalue weighted by Crippen LogP contribution is 2.69. The summed E-state index contributed by atoms with van der Waals surface area (Å²) in [5.74, 6) is 7.13. The van der Waals surface area contributed by atoms with Gasteiger partial charge in [0.25, 0.3) is 0 Å². The van der Waals surface area contributed by atoms with Crippen LogP contribution in [0.3, 0.4) is 0 Å². The molecule has 2 aromatic rings. The lowest BCUT2D eigenvalue weighted by Gasteiger charge is -2.31. The lowest BCUT2D eigenvalue weighted by molar-refractivity contribution is -0.129. The number of aliphatic hydroxyl groups excluding tert-OH is 1. The Morgan fingerprint density at radius 3 is 2.80 bits per heavy atom. The molecule has 2 saturated carbocycles. The molecule has 2 bridgehead atoms. The number of nitrogens with one attached hydrogen (secondary N) is 1. The zero-order chi connectivity index (χ0) is 28.6. The molecule has 6 heteroatoms. The van der Waals surface area contributed by atoms with Crippen LogP contribution in [-0.2, 0) is 16.0 Å². The first-order chi connectivity index (χ1) is 19.8. The Kier molecular flexibility index (Phi) is 7.30. The molecule has 6 rings (SSSR count). The molecule has 2 fully saturated rings. The molecular formula is C35H38N2O4. The van der Waals surface area contributed by atoms with E-state index >= 15 is 0 Å². The van der Waals surface area contributed by atoms with Crippen LogP contribution in [0.5, 0.6) is 5.75 Å². The molecule has 6 nitrogen and oxygen atoms in total. The maximum atomic E-state index is 14.4. The fraction of sp³-hybridized carbons (Fsp3) is 0.429. The first kappa shape index (κ1) is 27.4. The molecule has 3 aliphatic carbocycles. The van der Waals surface area contributed by atoms with Gasteiger partial charge in [-0.2, -0.15) is 0 Å². The number of carbonyl (C=O) groups excluding carboxylic acids is 1. The average Bonchev–Trinajstić information content (AvgIpc) is 3.89. The van der Waals surface area contributed by atoms with Crippen molar-refractivity contribution in [2.24, 2.45) is 16.6 Å². The summed E-state index contributed by atoms with van der Waals surface area (Å²) in [6.45, 7) is 2.13. The molecule has 0 radical (unpaired) electrons. The molecular weight excluding hydrogens is 512 g/mol. The van der Waals surface area contributed by atoms with E-state index in [4.69, 9.17) is 15.2 Å². The average molecular weight is 551 g/mol. The Bertz CT molecular complexity index is 1490. The number of benzene rings is 2. The van der Waals surface area contributed by atoms with Crippen LogP contribution in [0.15, 0.2) is 77.7 Å². The van der Waals surface area contributed by atoms with Gasteiger partial charge in [-0.3, -0.25) is 4.79 Å². The van der Waals surface area contributed by atoms with Crippen molar-refractivity contribution in [3.63, 3.8) is 0 Å². The SMILES string of the molecule is COc1cccc(C2C[C@]2(CC2([C@@H](N)Cc3ccc(C)cc3)CC2)C(=O)N[C@H]2C3=C=C(C#CCC=C3)OC[C@H]2O)c1. The lowest BCUT2D eigenvalue weighted by atomic mass is 9.79. The van der Waals surface area contributed by atoms with E-state index in [2.05, 4.69) is 60.1 Å². The predicted octanol–water partition coefficient (Wildman–Crippen LogP) is 4.47. The number of carbonyl (C=O) groups is 1. The van der Waals surface area contributed by atoms with Crippen LogP contribution in [0, 0.1) is 29.6 Å². The Hall–Kier alpha value is -3.75. The topological polar surface area (TPSA) is 93.8 Å². The molecule has 1 unspecified atom stereocenters. The molecule has 0 saturated heterocycles. The quantitative estimate of drug-likeness (QED) is 0.317. The monoisotopic (exact) mass is 550 g/mol. The van der Waals surface area contributed by atoms with Crippen LogP contribution in [0.25, 0.3) is 0 Å². The number of nitrogens with two attached hydrogens (primary N) is 1. The Balaban J connectivity index is 1.29. The standard InChI is InChI=1S/C35H38N2O4/c1-23-11-13-24(14-12-23)17-31(36)34(15-16-34)22-35(20-29(35)25-8-6-10-27(18-25)40-2)33(39)37-32-26-7-4-3-5-9-28(19-26)41-21-30(32)38/h4,6-8,10-14,18,29-32,38H,3,15-17,20-22,36H2,1-2H3,(H,37,39)/t29?,30-,31+,32+,35-/m1/s1. The highest BCUT2D eigenvalue weighted by Gasteiger charge is 2.66. The molecule has 41 heavy (non-hydrogen) atoms. The minimum Gasteiger partial charge on any atom is -0.497 e. The zero-order valence-electron chi connectivity index (χ0n) is 23.8. The van der Waals surface area contributed by atoms with Gasteiger partial charge < -0.3 is 25.6 Å². The second-order valence-corrected chi connectivity index (χ2v) is 12.2. The third-order valence-electron chi connectivity index (χ3n) is 9.33. The summed E-state index contributed by atoms with van der Waals surface area (Å²) >= 11 is 0. The van der Waals surface area contributed by atoms with Crippen LogP contribution in [0.1, 0.15) is 54.7 Å². The maximum absolute atomic E-state index is 14.4. The zero-order valence-corrected chi connectivity index (χ0v) is 23.8. The normalized spacial score (nSPS) is 27.8. The van der Waals surface area contributed by atoms with Crippen molar-refractivity contribution < 1.29 is 19.4 Å². The van der Waals surface area contributed by atoms with Crippen molar-refractivity contribution in [1.29, 1.82) is 0 Å². The number of allylic oxidation sites excluding steroid dienone is 1. The van der Waals surface area contributed by atoms with Gasteiger partial charge in [0.15, 0.2) is 0 Å². The van der Waals surface area contributed by atoms with Gasteiger partial charge >= 0.3 is 0 Å². The van der Waals surface area contributed by atoms with E-state index in [0.29, 0.717) is 24.2 Å². The molecule has 4 aliphatic rings. The largest absolute Gasteiger partial charge is 0.497 e. The van der Waals surface area contributed by atoms with E-state index < -0.39 is 17.6 Å². The van der Waals surface area contributed by atoms with Gasteiger partial charge in [-0.05, 0) is 79.5 Å². The number of hydrogen-bond acceptors (Lipinski definition) is 5. The second-order valence-electron chi connectivity index (χ2n) is 12.2. The number of amides is 1. The first-order valence-corrected chi connectivity index (χ1v) is 14.6. The third kappa shape index (κ3) is 5.59. The molecule has 1 aliphatic heterocycles. The molecule has 5 atom stereocenters. The van der Waals surface area contributed by atoms with E-state index in [9.17, 15) is 9.90 Å². The van der Waals surface area contributed by atoms with Gasteiger partial charge in [0.1, 0.15) is 18.5 Å². The Labute approximate surface area is 242 Å². The summed E-state index contributed by atoms with van der Waals surface area (Å²) in [5.41, 5.74) is 13.6. The lowest BCUT2D eigenvalue weighted by Crippen LogP contribution is -2.49. The number of hydrogen-bond donors (Lipinski definition) is 3. The summed E-state index contributed by atoms with van der Waals surface area (Å²) in [6, 6.07) is 15.9. The molecule has 1 heterocycles. The molecule has 0 aromatic heterocycles. The summed E-state index contributed by atoms with van der Waals surface area (Å²) in [5, 5.41) is 14.3. The first-order valence-electron chi connectivity index (χ1n) is 14.6. The Morgan fingerprint density at radius 1 is 1.24 bits per heavy atom. The maximum Gasteiger partial charge on any atom is 0.227 e. The van der Waals surface area contributed by atoms with Gasteiger partial charge in [-0.15, -0.1) is 0 Å². The minimum absolute atomic E-state index is 0.0387. The molecule has 4 N–H and O–H groups in total. The van der Waals surface area contributed by atoms with E-state index in [0.717, 1.165) is 37.0 Å². The highest BCUT2D eigenvalue weighted by atomic mass is 16.5. The summed E-state index contributed by atoms with van der Waals surface area (Å²) < 4.78 is 11.2. The summed E-state index contributed by atoms with van der Waals surface area (Å²) in [4.78, 5) is 14.4. The fourth-order valence-electron chi connectivity index (χ4n) is 6.55. The van der Waals surface area contributed by atoms with Gasteiger partial charge in [-0.25, -0.2) is 0 Å². The number of rotatable bonds is 9. The molecule has 0 spiro atoms. The molecule has 1 amide bonds. The third-order valence-corrected chi connectivity index (χ3v) is 9.33. The van der Waals surface area contributed by atoms with Crippen molar-refractivity contribution in [2.75, 3.05) is 13.7 Å². The van der Waals surface area contributed by atoms with Crippen LogP contribution in [0.2, 0.25) is 0 Å². The fourth-order valence-corrected chi connectivity index (χ4v) is 6.55. The van der Waals surface area contributed by atoms with Crippen molar-refractivity contribution in [2.45, 2.75) is 69.6 Å². The summed E-state index contributed by atoms with van der Waals surface area (Å²) in [6.07, 6.45) is 7.71. The van der Waals surface area contributed by atoms with Gasteiger partial charge in [-0.1, -0.05) is 65.8 Å². The van der Waals surface area contributed by atoms with E-state index in [1.54, 1.807) is 7.11 Å². The van der Waals surface area contributed by atoms with Crippen molar-refractivity contribution in [3.8, 4) is 17.6 Å². The van der Waals surface area contributed by atoms with Crippen LogP contribution in [0.4, 0.5) is 0 Å². The van der Waals surface area contributed by atoms with Gasteiger partial charge in [0, 0.05) is 18.0 Å². The minimum atomic E-state index is -0.923. The Morgan fingerprint density at radius 2 is 2.05 bits per heavy atom. The number of aryl methyl sites for hydroxylation is 1. The smallest absolute Gasteiger partial charge is 0.227 e. The van der Waals surface area contributed by atoms with Gasteiger partial charge in [0.2, 0.25) is 11.7 Å². The number of methoxy groups -OCH3 is 1. The highest BCUT2D eigenvalue weighted by molar-refractivity contribution is 5.88. The van der Waals surface area contributed by atoms with Gasteiger partial charge in [0.05, 0.1) is 18.6 Å². The van der Waals surface area contributed by atoms with Crippen LogP contribution in [-0.4, -0.2) is 42.9 Å².